The van der Waals surface area contributed by atoms with E-state index < -0.39 is 0 Å². The van der Waals surface area contributed by atoms with Crippen molar-refractivity contribution in [3.8, 4) is 0 Å². The van der Waals surface area contributed by atoms with Gasteiger partial charge in [-0.25, -0.2) is 9.89 Å². The molecule has 0 radical (unpaired) electrons. The monoisotopic (exact) mass is 476 g/mol. The van der Waals surface area contributed by atoms with E-state index in [-0.39, 0.29) is 5.69 Å². The highest BCUT2D eigenvalue weighted by atomic mass is 79.9. The van der Waals surface area contributed by atoms with Crippen molar-refractivity contribution in [2.45, 2.75) is 96.8 Å². The quantitative estimate of drug-likeness (QED) is 0.212. The average molecular weight is 477 g/mol. The first-order valence-electron chi connectivity index (χ1n) is 11.7. The number of hydrogen-bond donors (Lipinski definition) is 1. The van der Waals surface area contributed by atoms with Gasteiger partial charge in [0.15, 0.2) is 5.82 Å². The van der Waals surface area contributed by atoms with Crippen molar-refractivity contribution in [3.63, 3.8) is 0 Å². The Balaban J connectivity index is 1.58. The largest absolute Gasteiger partial charge is 0.364 e. The lowest BCUT2D eigenvalue weighted by Gasteiger charge is -2.03. The minimum atomic E-state index is -0.286. The van der Waals surface area contributed by atoms with E-state index in [1.54, 1.807) is 6.21 Å². The van der Waals surface area contributed by atoms with Gasteiger partial charge in [-0.1, -0.05) is 112 Å². The maximum Gasteiger partial charge on any atom is 0.364 e. The Kier molecular flexibility index (Phi) is 12.4. The number of nitrogens with zero attached hydrogens (tertiary/aromatic N) is 3. The number of aryl methyl sites for hydroxylation is 1. The molecule has 166 valence electrons. The van der Waals surface area contributed by atoms with Crippen molar-refractivity contribution in [2.75, 3.05) is 0 Å². The molecule has 0 amide bonds. The number of rotatable bonds is 16. The predicted molar refractivity (Wildman–Crippen MR) is 129 cm³/mol. The average Bonchev–Trinajstić information content (AvgIpc) is 3.09. The number of benzene rings is 1. The van der Waals surface area contributed by atoms with Gasteiger partial charge in [-0.2, -0.15) is 14.9 Å². The van der Waals surface area contributed by atoms with Crippen molar-refractivity contribution >= 4 is 22.1 Å². The first-order chi connectivity index (χ1) is 14.7. The molecular formula is C24H37BrN4O. The molecule has 0 saturated carbocycles. The molecule has 2 aromatic rings. The van der Waals surface area contributed by atoms with Crippen LogP contribution in [0.15, 0.2) is 38.6 Å². The van der Waals surface area contributed by atoms with E-state index in [2.05, 4.69) is 38.2 Å². The second kappa shape index (κ2) is 15.2. The van der Waals surface area contributed by atoms with Gasteiger partial charge in [-0.05, 0) is 24.1 Å². The molecule has 2 rings (SSSR count). The highest BCUT2D eigenvalue weighted by molar-refractivity contribution is 9.10. The van der Waals surface area contributed by atoms with Crippen LogP contribution >= 0.6 is 15.9 Å². The lowest BCUT2D eigenvalue weighted by molar-refractivity contribution is 0.537. The number of H-pyrrole nitrogens is 1. The molecule has 0 aliphatic rings. The molecule has 0 unspecified atom stereocenters. The summed E-state index contributed by atoms with van der Waals surface area (Å²) >= 11 is 3.44. The summed E-state index contributed by atoms with van der Waals surface area (Å²) in [7, 11) is 0. The Morgan fingerprint density at radius 3 is 2.17 bits per heavy atom. The Hall–Kier alpha value is -1.69. The van der Waals surface area contributed by atoms with Gasteiger partial charge in [0, 0.05) is 10.9 Å². The lowest BCUT2D eigenvalue weighted by atomic mass is 10.0. The maximum absolute atomic E-state index is 12.0. The zero-order valence-electron chi connectivity index (χ0n) is 18.4. The van der Waals surface area contributed by atoms with Crippen LogP contribution in [0.25, 0.3) is 0 Å². The maximum atomic E-state index is 12.0. The molecule has 30 heavy (non-hydrogen) atoms. The van der Waals surface area contributed by atoms with Gasteiger partial charge in [-0.3, -0.25) is 0 Å². The van der Waals surface area contributed by atoms with E-state index >= 15 is 0 Å². The fourth-order valence-electron chi connectivity index (χ4n) is 3.62. The predicted octanol–water partition coefficient (Wildman–Crippen LogP) is 6.85. The first-order valence-corrected chi connectivity index (χ1v) is 12.5. The molecule has 1 aromatic carbocycles. The van der Waals surface area contributed by atoms with Gasteiger partial charge < -0.3 is 0 Å². The van der Waals surface area contributed by atoms with E-state index in [1.165, 1.54) is 81.7 Å². The third kappa shape index (κ3) is 9.88. The molecule has 5 nitrogen and oxygen atoms in total. The van der Waals surface area contributed by atoms with Crippen LogP contribution in [0.2, 0.25) is 0 Å². The summed E-state index contributed by atoms with van der Waals surface area (Å²) in [6, 6.07) is 7.81. The third-order valence-corrected chi connectivity index (χ3v) is 5.89. The topological polar surface area (TPSA) is 63.0 Å². The lowest BCUT2D eigenvalue weighted by Crippen LogP contribution is -2.15. The van der Waals surface area contributed by atoms with Crippen LogP contribution in [0.1, 0.15) is 102 Å². The number of aromatic amines is 1. The second-order valence-electron chi connectivity index (χ2n) is 8.05. The second-order valence-corrected chi connectivity index (χ2v) is 8.96. The molecule has 1 aromatic heterocycles. The molecule has 0 aliphatic carbocycles. The van der Waals surface area contributed by atoms with E-state index in [4.69, 9.17) is 0 Å². The highest BCUT2D eigenvalue weighted by Crippen LogP contribution is 2.13. The van der Waals surface area contributed by atoms with Gasteiger partial charge in [0.1, 0.15) is 0 Å². The SMILES string of the molecule is CCCCCCCCCCCCCCCc1n[nH]c(=O)n1N=Cc1cccc(Br)c1. The zero-order chi connectivity index (χ0) is 21.4. The van der Waals surface area contributed by atoms with Crippen LogP contribution in [0.4, 0.5) is 0 Å². The van der Waals surface area contributed by atoms with Crippen molar-refractivity contribution < 1.29 is 0 Å². The zero-order valence-corrected chi connectivity index (χ0v) is 20.0. The molecule has 0 bridgehead atoms. The van der Waals surface area contributed by atoms with Crippen LogP contribution in [0, 0.1) is 0 Å². The van der Waals surface area contributed by atoms with Crippen LogP contribution in [-0.2, 0) is 6.42 Å². The van der Waals surface area contributed by atoms with Crippen molar-refractivity contribution in [1.29, 1.82) is 0 Å². The molecule has 0 aliphatic heterocycles. The van der Waals surface area contributed by atoms with Crippen molar-refractivity contribution in [3.05, 3.63) is 50.6 Å². The molecule has 1 N–H and O–H groups in total. The summed E-state index contributed by atoms with van der Waals surface area (Å²) in [5.74, 6) is 0.703. The Bertz CT molecular complexity index is 796. The Morgan fingerprint density at radius 2 is 1.57 bits per heavy atom. The number of halogens is 1. The van der Waals surface area contributed by atoms with Gasteiger partial charge in [0.25, 0.3) is 0 Å². The number of aromatic nitrogens is 3. The fraction of sp³-hybridized carbons (Fsp3) is 0.625. The van der Waals surface area contributed by atoms with E-state index in [9.17, 15) is 4.79 Å². The molecule has 0 fully saturated rings. The van der Waals surface area contributed by atoms with Gasteiger partial charge in [0.2, 0.25) is 0 Å². The number of nitrogens with one attached hydrogen (secondary N) is 1. The van der Waals surface area contributed by atoms with Gasteiger partial charge in [0.05, 0.1) is 6.21 Å². The molecule has 0 saturated heterocycles. The van der Waals surface area contributed by atoms with Crippen LogP contribution in [-0.4, -0.2) is 21.1 Å². The fourth-order valence-corrected chi connectivity index (χ4v) is 4.03. The highest BCUT2D eigenvalue weighted by Gasteiger charge is 2.06. The minimum Gasteiger partial charge on any atom is -0.244 e. The van der Waals surface area contributed by atoms with E-state index in [1.807, 2.05) is 24.3 Å². The molecule has 0 atom stereocenters. The van der Waals surface area contributed by atoms with Gasteiger partial charge in [-0.15, -0.1) is 0 Å². The Labute approximate surface area is 189 Å². The molecule has 6 heteroatoms. The van der Waals surface area contributed by atoms with E-state index in [0.717, 1.165) is 22.9 Å². The molecule has 1 heterocycles. The van der Waals surface area contributed by atoms with Crippen molar-refractivity contribution in [2.24, 2.45) is 5.10 Å². The first kappa shape index (κ1) is 24.6. The number of hydrogen-bond acceptors (Lipinski definition) is 3. The summed E-state index contributed by atoms with van der Waals surface area (Å²) in [4.78, 5) is 12.0. The summed E-state index contributed by atoms with van der Waals surface area (Å²) in [6.07, 6.45) is 19.7. The Morgan fingerprint density at radius 1 is 0.967 bits per heavy atom. The number of unbranched alkanes of at least 4 members (excludes halogenated alkanes) is 12. The molecule has 0 spiro atoms. The smallest absolute Gasteiger partial charge is 0.244 e. The van der Waals surface area contributed by atoms with Crippen LogP contribution in [0.5, 0.6) is 0 Å². The minimum absolute atomic E-state index is 0.286. The third-order valence-electron chi connectivity index (χ3n) is 5.39. The normalized spacial score (nSPS) is 11.5. The van der Waals surface area contributed by atoms with Crippen LogP contribution < -0.4 is 5.69 Å². The van der Waals surface area contributed by atoms with Crippen molar-refractivity contribution in [1.82, 2.24) is 14.9 Å². The van der Waals surface area contributed by atoms with Gasteiger partial charge >= 0.3 is 5.69 Å². The van der Waals surface area contributed by atoms with Crippen LogP contribution in [0.3, 0.4) is 0 Å². The summed E-state index contributed by atoms with van der Waals surface area (Å²) in [5.41, 5.74) is 0.648. The molecular weight excluding hydrogens is 440 g/mol. The summed E-state index contributed by atoms with van der Waals surface area (Å²) < 4.78 is 2.36. The van der Waals surface area contributed by atoms with E-state index in [0.29, 0.717) is 5.82 Å². The standard InChI is InChI=1S/C24H37BrN4O/c1-2-3-4-5-6-7-8-9-10-11-12-13-14-18-23-27-28-24(30)29(23)26-20-21-16-15-17-22(25)19-21/h15-17,19-20H,2-14,18H2,1H3,(H,28,30). The summed E-state index contributed by atoms with van der Waals surface area (Å²) in [6.45, 7) is 2.27. The summed E-state index contributed by atoms with van der Waals surface area (Å²) in [5, 5.41) is 11.0.